The van der Waals surface area contributed by atoms with Gasteiger partial charge in [-0.1, -0.05) is 37.4 Å². The molecule has 0 N–H and O–H groups in total. The van der Waals surface area contributed by atoms with E-state index in [0.717, 1.165) is 12.8 Å². The minimum atomic E-state index is -0.827. The van der Waals surface area contributed by atoms with Crippen LogP contribution in [0.1, 0.15) is 38.5 Å². The van der Waals surface area contributed by atoms with Gasteiger partial charge in [0.15, 0.2) is 0 Å². The Kier molecular flexibility index (Phi) is 7.76. The highest BCUT2D eigenvalue weighted by Crippen LogP contribution is 2.25. The first-order valence-electron chi connectivity index (χ1n) is 7.71. The molecule has 0 aromatic carbocycles. The van der Waals surface area contributed by atoms with Gasteiger partial charge in [0.2, 0.25) is 11.8 Å². The van der Waals surface area contributed by atoms with Crippen LogP contribution in [0.15, 0.2) is 19.3 Å². The molecule has 0 aliphatic heterocycles. The van der Waals surface area contributed by atoms with Crippen LogP contribution in [0.2, 0.25) is 0 Å². The number of hydrogen-bond donors (Lipinski definition) is 0. The van der Waals surface area contributed by atoms with Crippen LogP contribution in [0, 0.1) is 13.8 Å². The Morgan fingerprint density at radius 1 is 0.875 bits per heavy atom. The van der Waals surface area contributed by atoms with E-state index in [0.29, 0.717) is 44.2 Å². The van der Waals surface area contributed by atoms with Crippen molar-refractivity contribution in [3.63, 3.8) is 0 Å². The smallest absolute Gasteiger partial charge is 0.276 e. The molecule has 0 amide bonds. The van der Waals surface area contributed by atoms with Gasteiger partial charge in [-0.15, -0.1) is 20.4 Å². The van der Waals surface area contributed by atoms with E-state index in [1.807, 2.05) is 0 Å². The molecule has 0 fully saturated rings. The number of thioether (sulfide) groups is 2. The zero-order valence-electron chi connectivity index (χ0n) is 14.2. The van der Waals surface area contributed by atoms with Crippen molar-refractivity contribution in [3.8, 4) is 0 Å². The van der Waals surface area contributed by atoms with Crippen LogP contribution in [0.4, 0.5) is 0 Å². The third-order valence-corrected chi connectivity index (χ3v) is 6.51. The molecule has 10 heteroatoms. The van der Waals surface area contributed by atoms with Crippen molar-refractivity contribution in [3.05, 3.63) is 11.8 Å². The molecule has 2 heterocycles. The standard InChI is InChI=1S/C14H22N4O3S3/c1-9(22-13-17-15-11(3)20-13)5-7-24(19)8-6-10(2)23-14-18-16-12(4)21-14/h9-10H,5-8H2,1-4H3. The lowest BCUT2D eigenvalue weighted by molar-refractivity contribution is 0.428. The molecule has 2 aromatic heterocycles. The molecule has 7 nitrogen and oxygen atoms in total. The zero-order chi connectivity index (χ0) is 17.5. The molecule has 0 aliphatic rings. The first-order chi connectivity index (χ1) is 11.4. The lowest BCUT2D eigenvalue weighted by Gasteiger charge is -2.10. The maximum atomic E-state index is 12.2. The summed E-state index contributed by atoms with van der Waals surface area (Å²) in [6, 6.07) is 0. The summed E-state index contributed by atoms with van der Waals surface area (Å²) in [5.41, 5.74) is 0. The van der Waals surface area contributed by atoms with Crippen molar-refractivity contribution >= 4 is 34.3 Å². The molecule has 134 valence electrons. The van der Waals surface area contributed by atoms with Gasteiger partial charge in [-0.05, 0) is 12.8 Å². The first-order valence-corrected chi connectivity index (χ1v) is 11.0. The number of aromatic nitrogens is 4. The summed E-state index contributed by atoms with van der Waals surface area (Å²) in [6.07, 6.45) is 1.70. The van der Waals surface area contributed by atoms with E-state index in [2.05, 4.69) is 34.2 Å². The van der Waals surface area contributed by atoms with Gasteiger partial charge < -0.3 is 8.83 Å². The van der Waals surface area contributed by atoms with E-state index in [1.165, 1.54) is 23.5 Å². The molecule has 0 aliphatic carbocycles. The Morgan fingerprint density at radius 3 is 1.62 bits per heavy atom. The second-order valence-corrected chi connectivity index (χ2v) is 9.93. The lowest BCUT2D eigenvalue weighted by atomic mass is 10.4. The fourth-order valence-electron chi connectivity index (χ4n) is 1.81. The predicted octanol–water partition coefficient (Wildman–Crippen LogP) is 3.26. The molecule has 0 saturated heterocycles. The van der Waals surface area contributed by atoms with Gasteiger partial charge in [-0.3, -0.25) is 4.21 Å². The topological polar surface area (TPSA) is 94.9 Å². The second-order valence-electron chi connectivity index (χ2n) is 5.46. The third kappa shape index (κ3) is 6.94. The molecule has 0 saturated carbocycles. The van der Waals surface area contributed by atoms with Gasteiger partial charge in [-0.2, -0.15) is 0 Å². The normalized spacial score (nSPS) is 15.3. The summed E-state index contributed by atoms with van der Waals surface area (Å²) >= 11 is 3.06. The minimum absolute atomic E-state index is 0.293. The summed E-state index contributed by atoms with van der Waals surface area (Å²) < 4.78 is 22.8. The van der Waals surface area contributed by atoms with Crippen molar-refractivity contribution in [2.24, 2.45) is 0 Å². The van der Waals surface area contributed by atoms with Crippen molar-refractivity contribution in [2.45, 2.75) is 61.5 Å². The van der Waals surface area contributed by atoms with Crippen molar-refractivity contribution in [1.29, 1.82) is 0 Å². The maximum Gasteiger partial charge on any atom is 0.276 e. The van der Waals surface area contributed by atoms with E-state index >= 15 is 0 Å². The largest absolute Gasteiger partial charge is 0.416 e. The van der Waals surface area contributed by atoms with Crippen LogP contribution in [0.3, 0.4) is 0 Å². The van der Waals surface area contributed by atoms with E-state index in [9.17, 15) is 4.21 Å². The molecule has 0 spiro atoms. The van der Waals surface area contributed by atoms with E-state index in [-0.39, 0.29) is 0 Å². The second kappa shape index (κ2) is 9.57. The Labute approximate surface area is 152 Å². The average molecular weight is 391 g/mol. The van der Waals surface area contributed by atoms with E-state index in [1.54, 1.807) is 13.8 Å². The number of nitrogens with zero attached hydrogens (tertiary/aromatic N) is 4. The van der Waals surface area contributed by atoms with Gasteiger partial charge in [0.05, 0.1) is 0 Å². The van der Waals surface area contributed by atoms with Crippen LogP contribution in [-0.4, -0.2) is 46.6 Å². The minimum Gasteiger partial charge on any atom is -0.416 e. The number of rotatable bonds is 10. The van der Waals surface area contributed by atoms with Gasteiger partial charge in [-0.25, -0.2) is 0 Å². The summed E-state index contributed by atoms with van der Waals surface area (Å²) in [4.78, 5) is 0. The highest BCUT2D eigenvalue weighted by molar-refractivity contribution is 8.00. The monoisotopic (exact) mass is 390 g/mol. The van der Waals surface area contributed by atoms with Crippen LogP contribution in [0.25, 0.3) is 0 Å². The fraction of sp³-hybridized carbons (Fsp3) is 0.714. The van der Waals surface area contributed by atoms with Gasteiger partial charge in [0.25, 0.3) is 10.4 Å². The van der Waals surface area contributed by atoms with Crippen molar-refractivity contribution < 1.29 is 13.0 Å². The third-order valence-electron chi connectivity index (χ3n) is 3.12. The Morgan fingerprint density at radius 2 is 1.29 bits per heavy atom. The molecule has 2 unspecified atom stereocenters. The van der Waals surface area contributed by atoms with E-state index < -0.39 is 10.8 Å². The number of aryl methyl sites for hydroxylation is 2. The van der Waals surface area contributed by atoms with Crippen molar-refractivity contribution in [2.75, 3.05) is 11.5 Å². The molecule has 2 aromatic rings. The molecular formula is C14H22N4O3S3. The van der Waals surface area contributed by atoms with Gasteiger partial charge in [0.1, 0.15) is 0 Å². The summed E-state index contributed by atoms with van der Waals surface area (Å²) in [6.45, 7) is 7.70. The SMILES string of the molecule is Cc1nnc(SC(C)CCS(=O)CCC(C)Sc2nnc(C)o2)o1. The molecule has 0 bridgehead atoms. The maximum absolute atomic E-state index is 12.2. The lowest BCUT2D eigenvalue weighted by Crippen LogP contribution is -2.11. The van der Waals surface area contributed by atoms with Crippen LogP contribution >= 0.6 is 23.5 Å². The molecule has 24 heavy (non-hydrogen) atoms. The summed E-state index contributed by atoms with van der Waals surface area (Å²) in [7, 11) is -0.827. The first kappa shape index (κ1) is 19.5. The highest BCUT2D eigenvalue weighted by Gasteiger charge is 2.14. The molecular weight excluding hydrogens is 368 g/mol. The highest BCUT2D eigenvalue weighted by atomic mass is 32.2. The number of hydrogen-bond acceptors (Lipinski definition) is 9. The molecule has 2 rings (SSSR count). The molecule has 2 atom stereocenters. The van der Waals surface area contributed by atoms with E-state index in [4.69, 9.17) is 8.83 Å². The van der Waals surface area contributed by atoms with Crippen LogP contribution in [0.5, 0.6) is 0 Å². The van der Waals surface area contributed by atoms with Gasteiger partial charge in [0, 0.05) is 46.7 Å². The predicted molar refractivity (Wildman–Crippen MR) is 95.8 cm³/mol. The summed E-state index contributed by atoms with van der Waals surface area (Å²) in [5, 5.41) is 17.3. The summed E-state index contributed by atoms with van der Waals surface area (Å²) in [5.74, 6) is 2.49. The Hall–Kier alpha value is -0.870. The van der Waals surface area contributed by atoms with Crippen molar-refractivity contribution in [1.82, 2.24) is 20.4 Å². The Balaban J connectivity index is 1.62. The van der Waals surface area contributed by atoms with Gasteiger partial charge >= 0.3 is 0 Å². The van der Waals surface area contributed by atoms with Crippen LogP contribution in [-0.2, 0) is 10.8 Å². The molecule has 0 radical (unpaired) electrons. The zero-order valence-corrected chi connectivity index (χ0v) is 16.7. The van der Waals surface area contributed by atoms with Crippen LogP contribution < -0.4 is 0 Å². The Bertz CT molecular complexity index is 607. The fourth-order valence-corrected chi connectivity index (χ4v) is 5.22. The quantitative estimate of drug-likeness (QED) is 0.566. The average Bonchev–Trinajstić information content (AvgIpc) is 3.11.